The summed E-state index contributed by atoms with van der Waals surface area (Å²) in [7, 11) is 0. The Labute approximate surface area is 123 Å². The van der Waals surface area contributed by atoms with Crippen LogP contribution in [0.3, 0.4) is 0 Å². The molecule has 21 heavy (non-hydrogen) atoms. The summed E-state index contributed by atoms with van der Waals surface area (Å²) in [6, 6.07) is 17.3. The van der Waals surface area contributed by atoms with E-state index in [0.717, 1.165) is 11.3 Å². The third-order valence-corrected chi connectivity index (χ3v) is 3.25. The topological polar surface area (TPSA) is 46.9 Å². The monoisotopic (exact) mass is 277 g/mol. The SMILES string of the molecule is Cc1ccccc1C(=O)Nc1cnn(-c2ccccc2)c1. The van der Waals surface area contributed by atoms with E-state index in [1.54, 1.807) is 17.1 Å². The van der Waals surface area contributed by atoms with Crippen molar-refractivity contribution in [3.05, 3.63) is 78.1 Å². The number of nitrogens with one attached hydrogen (secondary N) is 1. The van der Waals surface area contributed by atoms with E-state index in [1.807, 2.05) is 61.5 Å². The molecule has 1 aromatic heterocycles. The van der Waals surface area contributed by atoms with Crippen LogP contribution in [0.25, 0.3) is 5.69 Å². The third-order valence-electron chi connectivity index (χ3n) is 3.25. The third kappa shape index (κ3) is 2.84. The first-order chi connectivity index (χ1) is 10.2. The van der Waals surface area contributed by atoms with Crippen molar-refractivity contribution in [2.75, 3.05) is 5.32 Å². The van der Waals surface area contributed by atoms with Crippen LogP contribution >= 0.6 is 0 Å². The van der Waals surface area contributed by atoms with Gasteiger partial charge in [-0.1, -0.05) is 36.4 Å². The Morgan fingerprint density at radius 3 is 2.52 bits per heavy atom. The molecule has 1 amide bonds. The van der Waals surface area contributed by atoms with Gasteiger partial charge in [0.2, 0.25) is 0 Å². The fourth-order valence-corrected chi connectivity index (χ4v) is 2.14. The van der Waals surface area contributed by atoms with Crippen LogP contribution in [0.15, 0.2) is 67.0 Å². The first-order valence-corrected chi connectivity index (χ1v) is 6.71. The summed E-state index contributed by atoms with van der Waals surface area (Å²) in [4.78, 5) is 12.2. The van der Waals surface area contributed by atoms with Crippen LogP contribution in [0, 0.1) is 6.92 Å². The minimum Gasteiger partial charge on any atom is -0.319 e. The average molecular weight is 277 g/mol. The molecule has 0 radical (unpaired) electrons. The molecule has 0 spiro atoms. The average Bonchev–Trinajstić information content (AvgIpc) is 2.97. The molecule has 0 atom stereocenters. The van der Waals surface area contributed by atoms with Crippen LogP contribution in [0.2, 0.25) is 0 Å². The lowest BCUT2D eigenvalue weighted by Gasteiger charge is -2.05. The van der Waals surface area contributed by atoms with E-state index in [4.69, 9.17) is 0 Å². The fraction of sp³-hybridized carbons (Fsp3) is 0.0588. The zero-order chi connectivity index (χ0) is 14.7. The van der Waals surface area contributed by atoms with Gasteiger partial charge in [-0.05, 0) is 30.7 Å². The number of nitrogens with zero attached hydrogens (tertiary/aromatic N) is 2. The van der Waals surface area contributed by atoms with Crippen LogP contribution in [-0.2, 0) is 0 Å². The molecule has 0 saturated heterocycles. The van der Waals surface area contributed by atoms with Gasteiger partial charge in [0.1, 0.15) is 0 Å². The number of carbonyl (C=O) groups excluding carboxylic acids is 1. The quantitative estimate of drug-likeness (QED) is 0.797. The number of carbonyl (C=O) groups is 1. The van der Waals surface area contributed by atoms with Crippen LogP contribution in [0.5, 0.6) is 0 Å². The maximum Gasteiger partial charge on any atom is 0.256 e. The second-order valence-corrected chi connectivity index (χ2v) is 4.78. The van der Waals surface area contributed by atoms with Crippen molar-refractivity contribution in [1.82, 2.24) is 9.78 Å². The van der Waals surface area contributed by atoms with Crippen molar-refractivity contribution in [1.29, 1.82) is 0 Å². The second kappa shape index (κ2) is 5.63. The number of aromatic nitrogens is 2. The van der Waals surface area contributed by atoms with Crippen LogP contribution < -0.4 is 5.32 Å². The molecule has 0 aliphatic carbocycles. The Morgan fingerprint density at radius 1 is 1.05 bits per heavy atom. The summed E-state index contributed by atoms with van der Waals surface area (Å²) in [6.45, 7) is 1.92. The van der Waals surface area contributed by atoms with Crippen molar-refractivity contribution in [2.45, 2.75) is 6.92 Å². The zero-order valence-electron chi connectivity index (χ0n) is 11.7. The largest absolute Gasteiger partial charge is 0.319 e. The summed E-state index contributed by atoms with van der Waals surface area (Å²) in [5.41, 5.74) is 3.25. The normalized spacial score (nSPS) is 10.3. The van der Waals surface area contributed by atoms with Crippen molar-refractivity contribution in [3.63, 3.8) is 0 Å². The van der Waals surface area contributed by atoms with Crippen molar-refractivity contribution in [3.8, 4) is 5.69 Å². The van der Waals surface area contributed by atoms with E-state index < -0.39 is 0 Å². The Hall–Kier alpha value is -2.88. The molecule has 1 N–H and O–H groups in total. The number of hydrogen-bond donors (Lipinski definition) is 1. The Balaban J connectivity index is 1.79. The number of rotatable bonds is 3. The lowest BCUT2D eigenvalue weighted by molar-refractivity contribution is 0.102. The van der Waals surface area contributed by atoms with Gasteiger partial charge < -0.3 is 5.32 Å². The predicted octanol–water partition coefficient (Wildman–Crippen LogP) is 3.43. The summed E-state index contributed by atoms with van der Waals surface area (Å²) in [6.07, 6.45) is 3.44. The molecule has 2 aromatic carbocycles. The van der Waals surface area contributed by atoms with E-state index >= 15 is 0 Å². The molecule has 4 heteroatoms. The number of hydrogen-bond acceptors (Lipinski definition) is 2. The van der Waals surface area contributed by atoms with Crippen LogP contribution in [-0.4, -0.2) is 15.7 Å². The molecular weight excluding hydrogens is 262 g/mol. The smallest absolute Gasteiger partial charge is 0.256 e. The fourth-order valence-electron chi connectivity index (χ4n) is 2.14. The first-order valence-electron chi connectivity index (χ1n) is 6.71. The van der Waals surface area contributed by atoms with E-state index in [1.165, 1.54) is 0 Å². The van der Waals surface area contributed by atoms with Crippen LogP contribution in [0.4, 0.5) is 5.69 Å². The maximum atomic E-state index is 12.2. The van der Waals surface area contributed by atoms with Crippen LogP contribution in [0.1, 0.15) is 15.9 Å². The molecular formula is C17H15N3O. The van der Waals surface area contributed by atoms with Gasteiger partial charge in [0, 0.05) is 5.56 Å². The molecule has 3 aromatic rings. The van der Waals surface area contributed by atoms with Gasteiger partial charge in [0.15, 0.2) is 0 Å². The van der Waals surface area contributed by atoms with Gasteiger partial charge in [-0.15, -0.1) is 0 Å². The van der Waals surface area contributed by atoms with Gasteiger partial charge in [0.25, 0.3) is 5.91 Å². The standard InChI is InChI=1S/C17H15N3O/c1-13-7-5-6-10-16(13)17(21)19-14-11-18-20(12-14)15-8-3-2-4-9-15/h2-12H,1H3,(H,19,21). The van der Waals surface area contributed by atoms with Crippen molar-refractivity contribution >= 4 is 11.6 Å². The van der Waals surface area contributed by atoms with E-state index in [0.29, 0.717) is 11.3 Å². The van der Waals surface area contributed by atoms with Crippen molar-refractivity contribution < 1.29 is 4.79 Å². The maximum absolute atomic E-state index is 12.2. The first kappa shape index (κ1) is 13.1. The van der Waals surface area contributed by atoms with E-state index in [9.17, 15) is 4.79 Å². The molecule has 3 rings (SSSR count). The van der Waals surface area contributed by atoms with Gasteiger partial charge in [-0.2, -0.15) is 5.10 Å². The van der Waals surface area contributed by atoms with Gasteiger partial charge in [-0.3, -0.25) is 4.79 Å². The predicted molar refractivity (Wildman–Crippen MR) is 82.7 cm³/mol. The Morgan fingerprint density at radius 2 is 1.76 bits per heavy atom. The highest BCUT2D eigenvalue weighted by atomic mass is 16.1. The van der Waals surface area contributed by atoms with Gasteiger partial charge in [-0.25, -0.2) is 4.68 Å². The molecule has 0 aliphatic heterocycles. The number of anilines is 1. The lowest BCUT2D eigenvalue weighted by atomic mass is 10.1. The minimum absolute atomic E-state index is 0.124. The molecule has 0 fully saturated rings. The molecule has 0 unspecified atom stereocenters. The van der Waals surface area contributed by atoms with Gasteiger partial charge in [0.05, 0.1) is 23.8 Å². The van der Waals surface area contributed by atoms with Gasteiger partial charge >= 0.3 is 0 Å². The number of amides is 1. The molecule has 0 bridgehead atoms. The van der Waals surface area contributed by atoms with E-state index in [2.05, 4.69) is 10.4 Å². The molecule has 4 nitrogen and oxygen atoms in total. The highest BCUT2D eigenvalue weighted by Gasteiger charge is 2.09. The number of para-hydroxylation sites is 1. The summed E-state index contributed by atoms with van der Waals surface area (Å²) < 4.78 is 1.73. The molecule has 0 aliphatic rings. The summed E-state index contributed by atoms with van der Waals surface area (Å²) in [5, 5.41) is 7.12. The van der Waals surface area contributed by atoms with E-state index in [-0.39, 0.29) is 5.91 Å². The molecule has 0 saturated carbocycles. The highest BCUT2D eigenvalue weighted by molar-refractivity contribution is 6.05. The number of benzene rings is 2. The highest BCUT2D eigenvalue weighted by Crippen LogP contribution is 2.14. The number of aryl methyl sites for hydroxylation is 1. The summed E-state index contributed by atoms with van der Waals surface area (Å²) in [5.74, 6) is -0.124. The molecule has 1 heterocycles. The second-order valence-electron chi connectivity index (χ2n) is 4.78. The Bertz CT molecular complexity index is 762. The lowest BCUT2D eigenvalue weighted by Crippen LogP contribution is -2.12. The minimum atomic E-state index is -0.124. The summed E-state index contributed by atoms with van der Waals surface area (Å²) >= 11 is 0. The Kier molecular flexibility index (Phi) is 3.51. The molecule has 104 valence electrons. The zero-order valence-corrected chi connectivity index (χ0v) is 11.7. The van der Waals surface area contributed by atoms with Crippen molar-refractivity contribution in [2.24, 2.45) is 0 Å².